The molecule has 0 bridgehead atoms. The van der Waals surface area contributed by atoms with Gasteiger partial charge in [0.25, 0.3) is 5.89 Å². The van der Waals surface area contributed by atoms with Gasteiger partial charge >= 0.3 is 0 Å². The van der Waals surface area contributed by atoms with Gasteiger partial charge in [-0.3, -0.25) is 0 Å². The maximum absolute atomic E-state index is 6.10. The number of halogens is 1. The molecule has 2 aromatic carbocycles. The van der Waals surface area contributed by atoms with Crippen molar-refractivity contribution in [3.63, 3.8) is 0 Å². The van der Waals surface area contributed by atoms with E-state index in [1.165, 1.54) is 0 Å². The molecule has 4 rings (SSSR count). The van der Waals surface area contributed by atoms with Gasteiger partial charge in [0.05, 0.1) is 18.2 Å². The Balaban J connectivity index is 1.75. The quantitative estimate of drug-likeness (QED) is 0.357. The molecule has 1 aromatic heterocycles. The van der Waals surface area contributed by atoms with Crippen LogP contribution in [0.15, 0.2) is 71.4 Å². The molecule has 0 radical (unpaired) electrons. The van der Waals surface area contributed by atoms with Crippen molar-refractivity contribution >= 4 is 34.5 Å². The van der Waals surface area contributed by atoms with Crippen LogP contribution in [0.1, 0.15) is 31.3 Å². The number of hydrogen-bond acceptors (Lipinski definition) is 5. The van der Waals surface area contributed by atoms with E-state index in [9.17, 15) is 0 Å². The average Bonchev–Trinajstić information content (AvgIpc) is 3.27. The minimum Gasteiger partial charge on any atom is -0.494 e. The van der Waals surface area contributed by atoms with E-state index in [1.54, 1.807) is 6.08 Å². The molecule has 8 heteroatoms. The van der Waals surface area contributed by atoms with Crippen molar-refractivity contribution in [1.29, 1.82) is 0 Å². The molecule has 1 atom stereocenters. The molecule has 3 aromatic rings. The van der Waals surface area contributed by atoms with Crippen LogP contribution >= 0.6 is 23.8 Å². The average molecular weight is 467 g/mol. The summed E-state index contributed by atoms with van der Waals surface area (Å²) in [6, 6.07) is 15.0. The lowest BCUT2D eigenvalue weighted by molar-refractivity contribution is 0.340. The molecule has 0 spiro atoms. The van der Waals surface area contributed by atoms with E-state index in [4.69, 9.17) is 38.1 Å². The van der Waals surface area contributed by atoms with E-state index < -0.39 is 0 Å². The predicted molar refractivity (Wildman–Crippen MR) is 130 cm³/mol. The van der Waals surface area contributed by atoms with Crippen LogP contribution in [0.2, 0.25) is 5.02 Å². The lowest BCUT2D eigenvalue weighted by Crippen LogP contribution is -2.45. The first-order chi connectivity index (χ1) is 15.5. The highest BCUT2D eigenvalue weighted by atomic mass is 35.5. The van der Waals surface area contributed by atoms with Gasteiger partial charge in [0.2, 0.25) is 5.82 Å². The fraction of sp³-hybridized carbons (Fsp3) is 0.208. The van der Waals surface area contributed by atoms with Crippen LogP contribution in [-0.4, -0.2) is 33.3 Å². The molecule has 32 heavy (non-hydrogen) atoms. The molecular weight excluding hydrogens is 444 g/mol. The topological polar surface area (TPSA) is 63.4 Å². The molecule has 2 heterocycles. The molecule has 164 valence electrons. The van der Waals surface area contributed by atoms with Gasteiger partial charge in [-0.15, -0.1) is 6.58 Å². The largest absolute Gasteiger partial charge is 0.494 e. The molecule has 0 aliphatic carbocycles. The smallest absolute Gasteiger partial charge is 0.258 e. The Labute approximate surface area is 197 Å². The first-order valence-corrected chi connectivity index (χ1v) is 11.0. The summed E-state index contributed by atoms with van der Waals surface area (Å²) in [5, 5.41) is 8.90. The number of benzene rings is 2. The molecule has 0 amide bonds. The molecule has 1 aliphatic heterocycles. The first kappa shape index (κ1) is 22.0. The lowest BCUT2D eigenvalue weighted by atomic mass is 9.95. The van der Waals surface area contributed by atoms with Crippen LogP contribution in [0.25, 0.3) is 17.0 Å². The summed E-state index contributed by atoms with van der Waals surface area (Å²) in [7, 11) is 0. The van der Waals surface area contributed by atoms with E-state index in [0.717, 1.165) is 28.1 Å². The molecule has 1 unspecified atom stereocenters. The van der Waals surface area contributed by atoms with Crippen LogP contribution < -0.4 is 10.1 Å². The van der Waals surface area contributed by atoms with Gasteiger partial charge < -0.3 is 19.5 Å². The SMILES string of the molecule is C=CCN1C(=S)NC(c2ccc(Cl)cc2)C(c2nc(-c3ccc(OCC)cc3)no2)=C1C. The Morgan fingerprint density at radius 1 is 1.22 bits per heavy atom. The number of nitrogens with zero attached hydrogens (tertiary/aromatic N) is 3. The second-order valence-corrected chi connectivity index (χ2v) is 8.04. The van der Waals surface area contributed by atoms with Crippen LogP contribution in [0.5, 0.6) is 5.75 Å². The van der Waals surface area contributed by atoms with Crippen molar-refractivity contribution in [1.82, 2.24) is 20.4 Å². The maximum Gasteiger partial charge on any atom is 0.258 e. The van der Waals surface area contributed by atoms with Crippen LogP contribution in [0.3, 0.4) is 0 Å². The van der Waals surface area contributed by atoms with E-state index in [2.05, 4.69) is 17.1 Å². The van der Waals surface area contributed by atoms with Gasteiger partial charge in [-0.1, -0.05) is 35.0 Å². The van der Waals surface area contributed by atoms with Crippen molar-refractivity contribution in [3.05, 3.63) is 83.4 Å². The van der Waals surface area contributed by atoms with Gasteiger partial charge in [0.15, 0.2) is 5.11 Å². The number of ether oxygens (including phenoxy) is 1. The fourth-order valence-corrected chi connectivity index (χ4v) is 4.08. The third-order valence-electron chi connectivity index (χ3n) is 5.19. The van der Waals surface area contributed by atoms with Crippen molar-refractivity contribution in [2.45, 2.75) is 19.9 Å². The van der Waals surface area contributed by atoms with E-state index in [1.807, 2.05) is 67.3 Å². The Morgan fingerprint density at radius 3 is 2.59 bits per heavy atom. The molecular formula is C24H23ClN4O2S. The van der Waals surface area contributed by atoms with Gasteiger partial charge in [-0.2, -0.15) is 4.98 Å². The summed E-state index contributed by atoms with van der Waals surface area (Å²) in [5.41, 5.74) is 3.61. The van der Waals surface area contributed by atoms with E-state index in [-0.39, 0.29) is 6.04 Å². The molecule has 0 fully saturated rings. The second-order valence-electron chi connectivity index (χ2n) is 7.21. The molecule has 0 saturated carbocycles. The summed E-state index contributed by atoms with van der Waals surface area (Å²) in [5.74, 6) is 1.73. The first-order valence-electron chi connectivity index (χ1n) is 10.2. The van der Waals surface area contributed by atoms with Gasteiger partial charge in [-0.25, -0.2) is 0 Å². The lowest BCUT2D eigenvalue weighted by Gasteiger charge is -2.36. The summed E-state index contributed by atoms with van der Waals surface area (Å²) < 4.78 is 11.2. The number of nitrogens with one attached hydrogen (secondary N) is 1. The summed E-state index contributed by atoms with van der Waals surface area (Å²) >= 11 is 11.7. The minimum atomic E-state index is -0.255. The summed E-state index contributed by atoms with van der Waals surface area (Å²) in [6.07, 6.45) is 1.80. The minimum absolute atomic E-state index is 0.255. The van der Waals surface area contributed by atoms with Crippen molar-refractivity contribution in [2.24, 2.45) is 0 Å². The number of allylic oxidation sites excluding steroid dienone is 1. The Bertz CT molecular complexity index is 1160. The number of rotatable bonds is 7. The highest BCUT2D eigenvalue weighted by molar-refractivity contribution is 7.80. The molecule has 6 nitrogen and oxygen atoms in total. The van der Waals surface area contributed by atoms with Crippen molar-refractivity contribution in [2.75, 3.05) is 13.2 Å². The highest BCUT2D eigenvalue weighted by Crippen LogP contribution is 2.37. The maximum atomic E-state index is 6.10. The Kier molecular flexibility index (Phi) is 6.58. The van der Waals surface area contributed by atoms with Crippen molar-refractivity contribution in [3.8, 4) is 17.1 Å². The summed E-state index contributed by atoms with van der Waals surface area (Å²) in [4.78, 5) is 6.67. The van der Waals surface area contributed by atoms with Crippen LogP contribution in [-0.2, 0) is 0 Å². The number of hydrogen-bond donors (Lipinski definition) is 1. The van der Waals surface area contributed by atoms with E-state index in [0.29, 0.717) is 35.0 Å². The van der Waals surface area contributed by atoms with Crippen LogP contribution in [0, 0.1) is 0 Å². The normalized spacial score (nSPS) is 16.2. The van der Waals surface area contributed by atoms with Crippen LogP contribution in [0.4, 0.5) is 0 Å². The highest BCUT2D eigenvalue weighted by Gasteiger charge is 2.33. The van der Waals surface area contributed by atoms with E-state index >= 15 is 0 Å². The van der Waals surface area contributed by atoms with Gasteiger partial charge in [-0.05, 0) is 68.0 Å². The monoisotopic (exact) mass is 466 g/mol. The summed E-state index contributed by atoms with van der Waals surface area (Å²) in [6.45, 7) is 8.97. The van der Waals surface area contributed by atoms with Gasteiger partial charge in [0.1, 0.15) is 5.75 Å². The standard InChI is InChI=1S/C24H23ClN4O2S/c1-4-14-29-15(3)20(21(26-24(29)32)16-6-10-18(25)11-7-16)23-27-22(28-31-23)17-8-12-19(13-9-17)30-5-2/h4,6-13,21H,1,5,14H2,2-3H3,(H,26,32). The van der Waals surface area contributed by atoms with Gasteiger partial charge in [0, 0.05) is 22.8 Å². The number of aromatic nitrogens is 2. The fourth-order valence-electron chi connectivity index (χ4n) is 3.63. The molecule has 1 N–H and O–H groups in total. The predicted octanol–water partition coefficient (Wildman–Crippen LogP) is 5.64. The number of thiocarbonyl (C=S) groups is 1. The zero-order chi connectivity index (χ0) is 22.7. The van der Waals surface area contributed by atoms with Crippen molar-refractivity contribution < 1.29 is 9.26 Å². The Hall–Kier alpha value is -3.16. The third-order valence-corrected chi connectivity index (χ3v) is 5.78. The molecule has 1 aliphatic rings. The zero-order valence-electron chi connectivity index (χ0n) is 17.8. The second kappa shape index (κ2) is 9.54. The molecule has 0 saturated heterocycles. The zero-order valence-corrected chi connectivity index (χ0v) is 19.4. The third kappa shape index (κ3) is 4.40. The Morgan fingerprint density at radius 2 is 1.94 bits per heavy atom.